The standard InChI is InChI=1S/C18H27N3O5/c22-17(13-25-14-18-2-1-11-26-18)12-19-7-9-20(10-8-19)15-3-5-16(6-4-15)21(23)24/h3-6,17-18,22H,1-2,7-14H2/t17-,18-/m0/s1. The highest BCUT2D eigenvalue weighted by Gasteiger charge is 2.21. The number of hydrogen-bond acceptors (Lipinski definition) is 7. The van der Waals surface area contributed by atoms with Crippen LogP contribution < -0.4 is 4.90 Å². The number of aliphatic hydroxyl groups is 1. The van der Waals surface area contributed by atoms with Crippen molar-refractivity contribution in [3.8, 4) is 0 Å². The number of aliphatic hydroxyl groups excluding tert-OH is 1. The fraction of sp³-hybridized carbons (Fsp3) is 0.667. The molecule has 26 heavy (non-hydrogen) atoms. The third-order valence-corrected chi connectivity index (χ3v) is 4.90. The Balaban J connectivity index is 1.35. The van der Waals surface area contributed by atoms with E-state index in [9.17, 15) is 15.2 Å². The van der Waals surface area contributed by atoms with Crippen LogP contribution >= 0.6 is 0 Å². The molecule has 2 atom stereocenters. The number of non-ortho nitro benzene ring substituents is 1. The topological polar surface area (TPSA) is 88.3 Å². The van der Waals surface area contributed by atoms with Crippen LogP contribution in [0.2, 0.25) is 0 Å². The van der Waals surface area contributed by atoms with Crippen LogP contribution in [0.1, 0.15) is 12.8 Å². The summed E-state index contributed by atoms with van der Waals surface area (Å²) in [6, 6.07) is 6.66. The van der Waals surface area contributed by atoms with Gasteiger partial charge in [-0.3, -0.25) is 15.0 Å². The summed E-state index contributed by atoms with van der Waals surface area (Å²) in [5.74, 6) is 0. The third kappa shape index (κ3) is 5.38. The molecule has 8 heteroatoms. The van der Waals surface area contributed by atoms with Gasteiger partial charge in [0.05, 0.1) is 30.3 Å². The van der Waals surface area contributed by atoms with Crippen molar-refractivity contribution in [1.29, 1.82) is 0 Å². The second-order valence-electron chi connectivity index (χ2n) is 6.89. The number of nitrogens with zero attached hydrogens (tertiary/aromatic N) is 3. The zero-order chi connectivity index (χ0) is 18.4. The van der Waals surface area contributed by atoms with Crippen molar-refractivity contribution in [2.75, 3.05) is 57.4 Å². The Morgan fingerprint density at radius 3 is 2.62 bits per heavy atom. The van der Waals surface area contributed by atoms with Gasteiger partial charge in [-0.25, -0.2) is 0 Å². The molecule has 1 aromatic carbocycles. The van der Waals surface area contributed by atoms with E-state index in [0.717, 1.165) is 51.3 Å². The summed E-state index contributed by atoms with van der Waals surface area (Å²) in [6.45, 7) is 5.67. The van der Waals surface area contributed by atoms with Crippen molar-refractivity contribution in [2.45, 2.75) is 25.0 Å². The highest BCUT2D eigenvalue weighted by atomic mass is 16.6. The second-order valence-corrected chi connectivity index (χ2v) is 6.89. The first kappa shape index (κ1) is 19.0. The average molecular weight is 365 g/mol. The van der Waals surface area contributed by atoms with Crippen LogP contribution in [0, 0.1) is 10.1 Å². The number of benzene rings is 1. The predicted octanol–water partition coefficient (Wildman–Crippen LogP) is 1.27. The molecule has 0 unspecified atom stereocenters. The highest BCUT2D eigenvalue weighted by Crippen LogP contribution is 2.20. The van der Waals surface area contributed by atoms with E-state index < -0.39 is 6.10 Å². The Morgan fingerprint density at radius 2 is 2.00 bits per heavy atom. The summed E-state index contributed by atoms with van der Waals surface area (Å²) in [5, 5.41) is 20.9. The molecule has 0 radical (unpaired) electrons. The molecule has 2 aliphatic rings. The van der Waals surface area contributed by atoms with Gasteiger partial charge in [0.1, 0.15) is 0 Å². The monoisotopic (exact) mass is 365 g/mol. The minimum atomic E-state index is -0.498. The van der Waals surface area contributed by atoms with Crippen LogP contribution in [-0.4, -0.2) is 79.7 Å². The maximum atomic E-state index is 10.7. The highest BCUT2D eigenvalue weighted by molar-refractivity contribution is 5.51. The summed E-state index contributed by atoms with van der Waals surface area (Å²) in [4.78, 5) is 14.8. The Hall–Kier alpha value is -1.74. The van der Waals surface area contributed by atoms with Gasteiger partial charge in [0.15, 0.2) is 0 Å². The van der Waals surface area contributed by atoms with Gasteiger partial charge < -0.3 is 19.5 Å². The van der Waals surface area contributed by atoms with Gasteiger partial charge in [0, 0.05) is 57.2 Å². The zero-order valence-electron chi connectivity index (χ0n) is 15.0. The molecule has 144 valence electrons. The molecule has 2 aliphatic heterocycles. The first-order chi connectivity index (χ1) is 12.6. The minimum Gasteiger partial charge on any atom is -0.389 e. The molecule has 0 aliphatic carbocycles. The molecule has 2 fully saturated rings. The Morgan fingerprint density at radius 1 is 1.27 bits per heavy atom. The quantitative estimate of drug-likeness (QED) is 0.548. The van der Waals surface area contributed by atoms with Crippen LogP contribution in [0.5, 0.6) is 0 Å². The second kappa shape index (κ2) is 9.27. The summed E-state index contributed by atoms with van der Waals surface area (Å²) >= 11 is 0. The molecule has 8 nitrogen and oxygen atoms in total. The van der Waals surface area contributed by atoms with Crippen LogP contribution in [0.25, 0.3) is 0 Å². The molecular weight excluding hydrogens is 338 g/mol. The molecule has 2 heterocycles. The van der Waals surface area contributed by atoms with E-state index in [1.807, 2.05) is 0 Å². The van der Waals surface area contributed by atoms with Crippen molar-refractivity contribution in [3.05, 3.63) is 34.4 Å². The van der Waals surface area contributed by atoms with Crippen molar-refractivity contribution in [2.24, 2.45) is 0 Å². The molecular formula is C18H27N3O5. The summed E-state index contributed by atoms with van der Waals surface area (Å²) in [6.07, 6.45) is 1.82. The van der Waals surface area contributed by atoms with E-state index in [1.54, 1.807) is 12.1 Å². The maximum absolute atomic E-state index is 10.7. The normalized spacial score (nSPS) is 22.5. The van der Waals surface area contributed by atoms with Gasteiger partial charge in [-0.05, 0) is 25.0 Å². The Bertz CT molecular complexity index is 569. The molecule has 1 aromatic rings. The van der Waals surface area contributed by atoms with Gasteiger partial charge in [-0.2, -0.15) is 0 Å². The number of nitro groups is 1. The van der Waals surface area contributed by atoms with Gasteiger partial charge in [0.2, 0.25) is 0 Å². The zero-order valence-corrected chi connectivity index (χ0v) is 15.0. The number of nitro benzene ring substituents is 1. The molecule has 1 N–H and O–H groups in total. The van der Waals surface area contributed by atoms with Gasteiger partial charge >= 0.3 is 0 Å². The van der Waals surface area contributed by atoms with E-state index in [1.165, 1.54) is 12.1 Å². The number of piperazine rings is 1. The summed E-state index contributed by atoms with van der Waals surface area (Å²) in [5.41, 5.74) is 1.11. The van der Waals surface area contributed by atoms with Crippen LogP contribution in [0.3, 0.4) is 0 Å². The molecule has 2 saturated heterocycles. The fourth-order valence-corrected chi connectivity index (χ4v) is 3.44. The Kier molecular flexibility index (Phi) is 6.79. The number of ether oxygens (including phenoxy) is 2. The first-order valence-electron chi connectivity index (χ1n) is 9.21. The predicted molar refractivity (Wildman–Crippen MR) is 97.5 cm³/mol. The van der Waals surface area contributed by atoms with Crippen LogP contribution in [0.15, 0.2) is 24.3 Å². The largest absolute Gasteiger partial charge is 0.389 e. The fourth-order valence-electron chi connectivity index (χ4n) is 3.44. The van der Waals surface area contributed by atoms with E-state index in [4.69, 9.17) is 9.47 Å². The van der Waals surface area contributed by atoms with Crippen molar-refractivity contribution in [3.63, 3.8) is 0 Å². The molecule has 3 rings (SSSR count). The molecule has 0 amide bonds. The Labute approximate surface area is 153 Å². The maximum Gasteiger partial charge on any atom is 0.269 e. The van der Waals surface area contributed by atoms with Crippen LogP contribution in [0.4, 0.5) is 11.4 Å². The minimum absolute atomic E-state index is 0.110. The number of rotatable bonds is 8. The van der Waals surface area contributed by atoms with Crippen molar-refractivity contribution < 1.29 is 19.5 Å². The lowest BCUT2D eigenvalue weighted by atomic mass is 10.2. The lowest BCUT2D eigenvalue weighted by Crippen LogP contribution is -2.49. The molecule has 0 aromatic heterocycles. The smallest absolute Gasteiger partial charge is 0.269 e. The van der Waals surface area contributed by atoms with Crippen molar-refractivity contribution in [1.82, 2.24) is 4.90 Å². The van der Waals surface area contributed by atoms with Gasteiger partial charge in [-0.15, -0.1) is 0 Å². The molecule has 0 bridgehead atoms. The summed E-state index contributed by atoms with van der Waals surface area (Å²) in [7, 11) is 0. The lowest BCUT2D eigenvalue weighted by molar-refractivity contribution is -0.384. The van der Waals surface area contributed by atoms with E-state index in [-0.39, 0.29) is 16.7 Å². The lowest BCUT2D eigenvalue weighted by Gasteiger charge is -2.36. The molecule has 0 spiro atoms. The van der Waals surface area contributed by atoms with E-state index in [2.05, 4.69) is 9.80 Å². The average Bonchev–Trinajstić information content (AvgIpc) is 3.16. The number of hydrogen-bond donors (Lipinski definition) is 1. The number of anilines is 1. The summed E-state index contributed by atoms with van der Waals surface area (Å²) < 4.78 is 11.1. The SMILES string of the molecule is O=[N+]([O-])c1ccc(N2CCN(C[C@H](O)COC[C@@H]3CCCO3)CC2)cc1. The first-order valence-corrected chi connectivity index (χ1v) is 9.21. The van der Waals surface area contributed by atoms with E-state index >= 15 is 0 Å². The van der Waals surface area contributed by atoms with Crippen LogP contribution in [-0.2, 0) is 9.47 Å². The molecule has 0 saturated carbocycles. The third-order valence-electron chi connectivity index (χ3n) is 4.90. The van der Waals surface area contributed by atoms with E-state index in [0.29, 0.717) is 19.8 Å². The van der Waals surface area contributed by atoms with Gasteiger partial charge in [-0.1, -0.05) is 0 Å². The number of β-amino-alcohol motifs (C(OH)–C–C–N with tert-alkyl or cyclic N) is 1. The van der Waals surface area contributed by atoms with Gasteiger partial charge in [0.25, 0.3) is 5.69 Å². The van der Waals surface area contributed by atoms with Crippen molar-refractivity contribution >= 4 is 11.4 Å².